The summed E-state index contributed by atoms with van der Waals surface area (Å²) >= 11 is 2.83. The van der Waals surface area contributed by atoms with E-state index >= 15 is 0 Å². The molecule has 0 fully saturated rings. The molecule has 0 atom stereocenters. The van der Waals surface area contributed by atoms with Crippen LogP contribution in [-0.4, -0.2) is 27.8 Å². The Hall–Kier alpha value is -2.19. The predicted octanol–water partition coefficient (Wildman–Crippen LogP) is 4.47. The van der Waals surface area contributed by atoms with Crippen LogP contribution in [0.4, 0.5) is 4.39 Å². The van der Waals surface area contributed by atoms with Crippen LogP contribution in [-0.2, 0) is 17.6 Å². The van der Waals surface area contributed by atoms with Crippen molar-refractivity contribution in [1.82, 2.24) is 14.9 Å². The maximum absolute atomic E-state index is 13.5. The Balaban J connectivity index is 1.75. The smallest absolute Gasteiger partial charge is 0.267 e. The quantitative estimate of drug-likeness (QED) is 0.331. The first kappa shape index (κ1) is 21.1. The molecular formula is C22H24FN3O2S2. The van der Waals surface area contributed by atoms with Gasteiger partial charge in [-0.3, -0.25) is 14.2 Å². The molecule has 0 aliphatic heterocycles. The van der Waals surface area contributed by atoms with Crippen LogP contribution in [0.3, 0.4) is 0 Å². The molecule has 2 aromatic heterocycles. The number of thioether (sulfide) groups is 1. The Kier molecular flexibility index (Phi) is 6.53. The maximum Gasteiger partial charge on any atom is 0.267 e. The van der Waals surface area contributed by atoms with E-state index in [4.69, 9.17) is 4.98 Å². The molecule has 5 nitrogen and oxygen atoms in total. The summed E-state index contributed by atoms with van der Waals surface area (Å²) in [5.74, 6) is -0.273. The first-order valence-electron chi connectivity index (χ1n) is 10.3. The molecule has 158 valence electrons. The van der Waals surface area contributed by atoms with Gasteiger partial charge in [-0.05, 0) is 61.9 Å². The Morgan fingerprint density at radius 1 is 1.27 bits per heavy atom. The molecule has 0 saturated heterocycles. The highest BCUT2D eigenvalue weighted by atomic mass is 32.2. The van der Waals surface area contributed by atoms with Crippen molar-refractivity contribution in [2.24, 2.45) is 0 Å². The Morgan fingerprint density at radius 3 is 2.80 bits per heavy atom. The zero-order valence-electron chi connectivity index (χ0n) is 16.9. The molecule has 0 bridgehead atoms. The number of aryl methyl sites for hydroxylation is 2. The maximum atomic E-state index is 13.5. The number of carbonyl (C=O) groups excluding carboxylic acids is 1. The number of unbranched alkanes of at least 4 members (excludes halogenated alkanes) is 1. The van der Waals surface area contributed by atoms with Crippen LogP contribution in [0.2, 0.25) is 0 Å². The number of hydrogen-bond donors (Lipinski definition) is 1. The second-order valence-electron chi connectivity index (χ2n) is 7.39. The molecule has 8 heteroatoms. The summed E-state index contributed by atoms with van der Waals surface area (Å²) in [5, 5.41) is 4.03. The van der Waals surface area contributed by atoms with E-state index in [9.17, 15) is 14.0 Å². The van der Waals surface area contributed by atoms with Gasteiger partial charge in [0.05, 0.1) is 16.8 Å². The van der Waals surface area contributed by atoms with Crippen molar-refractivity contribution in [2.45, 2.75) is 50.6 Å². The Morgan fingerprint density at radius 2 is 2.03 bits per heavy atom. The number of thiophene rings is 1. The minimum atomic E-state index is -0.363. The highest BCUT2D eigenvalue weighted by molar-refractivity contribution is 7.99. The molecule has 30 heavy (non-hydrogen) atoms. The van der Waals surface area contributed by atoms with Crippen LogP contribution in [0.5, 0.6) is 0 Å². The summed E-state index contributed by atoms with van der Waals surface area (Å²) in [6.07, 6.45) is 6.02. The number of aromatic nitrogens is 2. The Bertz CT molecular complexity index is 1120. The minimum absolute atomic E-state index is 0.0843. The summed E-state index contributed by atoms with van der Waals surface area (Å²) < 4.78 is 15.0. The van der Waals surface area contributed by atoms with E-state index in [0.29, 0.717) is 22.8 Å². The lowest BCUT2D eigenvalue weighted by Gasteiger charge is -2.13. The Labute approximate surface area is 182 Å². The fraction of sp³-hybridized carbons (Fsp3) is 0.409. The number of carbonyl (C=O) groups is 1. The van der Waals surface area contributed by atoms with Crippen molar-refractivity contribution >= 4 is 39.2 Å². The molecule has 0 saturated carbocycles. The fourth-order valence-corrected chi connectivity index (χ4v) is 5.83. The first-order chi connectivity index (χ1) is 14.6. The minimum Gasteiger partial charge on any atom is -0.355 e. The van der Waals surface area contributed by atoms with Gasteiger partial charge in [0.2, 0.25) is 5.91 Å². The topological polar surface area (TPSA) is 64.0 Å². The average Bonchev–Trinajstić information content (AvgIpc) is 3.12. The zero-order valence-corrected chi connectivity index (χ0v) is 18.5. The van der Waals surface area contributed by atoms with Crippen LogP contribution in [0.1, 0.15) is 43.0 Å². The predicted molar refractivity (Wildman–Crippen MR) is 120 cm³/mol. The van der Waals surface area contributed by atoms with E-state index in [-0.39, 0.29) is 23.0 Å². The molecule has 1 N–H and O–H groups in total. The van der Waals surface area contributed by atoms with E-state index < -0.39 is 0 Å². The van der Waals surface area contributed by atoms with Gasteiger partial charge in [-0.2, -0.15) is 0 Å². The molecule has 1 amide bonds. The number of nitrogens with zero attached hydrogens (tertiary/aromatic N) is 2. The lowest BCUT2D eigenvalue weighted by Crippen LogP contribution is -2.27. The molecule has 1 aliphatic carbocycles. The molecule has 4 rings (SSSR count). The van der Waals surface area contributed by atoms with Crippen LogP contribution in [0.15, 0.2) is 34.2 Å². The molecule has 0 unspecified atom stereocenters. The van der Waals surface area contributed by atoms with Gasteiger partial charge in [0.25, 0.3) is 5.56 Å². The highest BCUT2D eigenvalue weighted by Crippen LogP contribution is 2.35. The summed E-state index contributed by atoms with van der Waals surface area (Å²) in [4.78, 5) is 32.5. The van der Waals surface area contributed by atoms with Gasteiger partial charge in [-0.15, -0.1) is 11.3 Å². The van der Waals surface area contributed by atoms with Crippen molar-refractivity contribution in [1.29, 1.82) is 0 Å². The van der Waals surface area contributed by atoms with Gasteiger partial charge < -0.3 is 5.32 Å². The molecular weight excluding hydrogens is 421 g/mol. The van der Waals surface area contributed by atoms with Gasteiger partial charge in [0.1, 0.15) is 10.6 Å². The second-order valence-corrected chi connectivity index (χ2v) is 9.42. The normalized spacial score (nSPS) is 13.4. The van der Waals surface area contributed by atoms with Crippen molar-refractivity contribution in [2.75, 3.05) is 12.3 Å². The van der Waals surface area contributed by atoms with Crippen LogP contribution >= 0.6 is 23.1 Å². The van der Waals surface area contributed by atoms with Gasteiger partial charge in [-0.1, -0.05) is 25.1 Å². The number of hydrogen-bond acceptors (Lipinski definition) is 5. The third kappa shape index (κ3) is 4.30. The first-order valence-corrected chi connectivity index (χ1v) is 12.1. The van der Waals surface area contributed by atoms with Crippen LogP contribution < -0.4 is 10.9 Å². The number of amides is 1. The monoisotopic (exact) mass is 445 g/mol. The molecule has 0 radical (unpaired) electrons. The number of rotatable bonds is 7. The second kappa shape index (κ2) is 9.31. The standard InChI is InChI=1S/C22H24FN3O2S2/c1-2-3-12-24-18(27)13-29-22-25-20-19(16-6-4-5-7-17(16)30-20)21(28)26(22)15-10-8-14(23)9-11-15/h8-11H,2-7,12-13H2,1H3,(H,24,27). The van der Waals surface area contributed by atoms with Crippen molar-refractivity contribution in [3.63, 3.8) is 0 Å². The average molecular weight is 446 g/mol. The SMILES string of the molecule is CCCCNC(=O)CSc1nc2sc3c(c2c(=O)n1-c1ccc(F)cc1)CCCC3. The van der Waals surface area contributed by atoms with Crippen molar-refractivity contribution < 1.29 is 9.18 Å². The van der Waals surface area contributed by atoms with Crippen molar-refractivity contribution in [3.8, 4) is 5.69 Å². The molecule has 2 heterocycles. The van der Waals surface area contributed by atoms with E-state index in [1.807, 2.05) is 0 Å². The fourth-order valence-electron chi connectivity index (χ4n) is 3.69. The summed E-state index contributed by atoms with van der Waals surface area (Å²) in [7, 11) is 0. The van der Waals surface area contributed by atoms with Gasteiger partial charge in [0, 0.05) is 11.4 Å². The summed E-state index contributed by atoms with van der Waals surface area (Å²) in [6, 6.07) is 5.82. The zero-order chi connectivity index (χ0) is 21.1. The van der Waals surface area contributed by atoms with Crippen molar-refractivity contribution in [3.05, 3.63) is 50.9 Å². The van der Waals surface area contributed by atoms with Crippen LogP contribution in [0.25, 0.3) is 15.9 Å². The molecule has 0 spiro atoms. The van der Waals surface area contributed by atoms with E-state index in [1.54, 1.807) is 23.5 Å². The van der Waals surface area contributed by atoms with Gasteiger partial charge >= 0.3 is 0 Å². The third-order valence-electron chi connectivity index (χ3n) is 5.23. The summed E-state index contributed by atoms with van der Waals surface area (Å²) in [5.41, 5.74) is 1.53. The number of nitrogens with one attached hydrogen (secondary N) is 1. The van der Waals surface area contributed by atoms with E-state index in [0.717, 1.165) is 48.9 Å². The van der Waals surface area contributed by atoms with Crippen LogP contribution in [0, 0.1) is 5.82 Å². The number of benzene rings is 1. The van der Waals surface area contributed by atoms with E-state index in [1.165, 1.54) is 33.3 Å². The highest BCUT2D eigenvalue weighted by Gasteiger charge is 2.23. The third-order valence-corrected chi connectivity index (χ3v) is 7.35. The largest absolute Gasteiger partial charge is 0.355 e. The number of fused-ring (bicyclic) bond motifs is 3. The lowest BCUT2D eigenvalue weighted by atomic mass is 9.97. The van der Waals surface area contributed by atoms with Gasteiger partial charge in [-0.25, -0.2) is 9.37 Å². The van der Waals surface area contributed by atoms with Gasteiger partial charge in [0.15, 0.2) is 5.16 Å². The van der Waals surface area contributed by atoms with E-state index in [2.05, 4.69) is 12.2 Å². The molecule has 3 aromatic rings. The lowest BCUT2D eigenvalue weighted by molar-refractivity contribution is -0.118. The molecule has 1 aromatic carbocycles. The molecule has 1 aliphatic rings. The number of halogens is 1. The summed E-state index contributed by atoms with van der Waals surface area (Å²) in [6.45, 7) is 2.72.